The number of hydrogen-bond donors (Lipinski definition) is 0. The molecule has 3 fully saturated rings. The van der Waals surface area contributed by atoms with E-state index in [2.05, 4.69) is 0 Å². The lowest BCUT2D eigenvalue weighted by atomic mass is 9.67. The van der Waals surface area contributed by atoms with Gasteiger partial charge in [0.15, 0.2) is 19.7 Å². The van der Waals surface area contributed by atoms with Crippen molar-refractivity contribution in [3.05, 3.63) is 70.8 Å². The molecule has 2 aromatic rings. The van der Waals surface area contributed by atoms with Crippen LogP contribution in [0.25, 0.3) is 0 Å². The van der Waals surface area contributed by atoms with Crippen LogP contribution in [0.2, 0.25) is 0 Å². The SMILES string of the molecule is O=[N+]([O-])[C@H]1[C@@H]2CC[C@@H]([C@H](Cl)[C@H]2S(=O)(=O)c2ccccc2)[C@@H]1S(=O)(=O)c1ccccc1. The largest absolute Gasteiger partial charge is 0.264 e. The number of nitro groups is 1. The lowest BCUT2D eigenvalue weighted by Gasteiger charge is -2.49. The summed E-state index contributed by atoms with van der Waals surface area (Å²) in [4.78, 5) is 11.5. The topological polar surface area (TPSA) is 111 Å². The van der Waals surface area contributed by atoms with Crippen LogP contribution in [0, 0.1) is 22.0 Å². The molecule has 5 rings (SSSR count). The summed E-state index contributed by atoms with van der Waals surface area (Å²) in [5, 5.41) is 8.44. The smallest absolute Gasteiger partial charge is 0.234 e. The van der Waals surface area contributed by atoms with Gasteiger partial charge in [-0.3, -0.25) is 10.1 Å². The van der Waals surface area contributed by atoms with Gasteiger partial charge in [0.2, 0.25) is 6.04 Å². The van der Waals surface area contributed by atoms with Gasteiger partial charge in [-0.15, -0.1) is 11.6 Å². The molecule has 0 amide bonds. The molecule has 0 spiro atoms. The number of sulfone groups is 2. The Labute approximate surface area is 180 Å². The second-order valence-corrected chi connectivity index (χ2v) is 12.5. The van der Waals surface area contributed by atoms with E-state index in [1.165, 1.54) is 24.3 Å². The molecule has 7 nitrogen and oxygen atoms in total. The average molecular weight is 470 g/mol. The molecule has 2 bridgehead atoms. The highest BCUT2D eigenvalue weighted by atomic mass is 35.5. The molecule has 0 heterocycles. The lowest BCUT2D eigenvalue weighted by molar-refractivity contribution is -0.538. The van der Waals surface area contributed by atoms with Crippen molar-refractivity contribution in [1.82, 2.24) is 0 Å². The van der Waals surface area contributed by atoms with Gasteiger partial charge in [0, 0.05) is 16.8 Å². The minimum Gasteiger partial charge on any atom is -0.264 e. The van der Waals surface area contributed by atoms with Crippen LogP contribution in [0.4, 0.5) is 0 Å². The summed E-state index contributed by atoms with van der Waals surface area (Å²) < 4.78 is 53.4. The van der Waals surface area contributed by atoms with Crippen LogP contribution < -0.4 is 0 Å². The van der Waals surface area contributed by atoms with Crippen LogP contribution in [0.3, 0.4) is 0 Å². The number of benzene rings is 2. The molecular formula is C20H20ClNO6S2. The van der Waals surface area contributed by atoms with E-state index >= 15 is 0 Å². The van der Waals surface area contributed by atoms with E-state index in [-0.39, 0.29) is 16.2 Å². The Bertz CT molecular complexity index is 1150. The minimum atomic E-state index is -4.07. The van der Waals surface area contributed by atoms with Crippen LogP contribution in [-0.4, -0.2) is 43.7 Å². The van der Waals surface area contributed by atoms with Crippen LogP contribution >= 0.6 is 11.6 Å². The zero-order valence-electron chi connectivity index (χ0n) is 15.7. The quantitative estimate of drug-likeness (QED) is 0.378. The Morgan fingerprint density at radius 1 is 0.767 bits per heavy atom. The summed E-state index contributed by atoms with van der Waals surface area (Å²) in [6.07, 6.45) is 0.581. The maximum Gasteiger partial charge on any atom is 0.234 e. The summed E-state index contributed by atoms with van der Waals surface area (Å²) in [6.45, 7) is 0. The van der Waals surface area contributed by atoms with Gasteiger partial charge in [0.25, 0.3) is 0 Å². The van der Waals surface area contributed by atoms with E-state index in [9.17, 15) is 26.9 Å². The second kappa shape index (κ2) is 7.62. The second-order valence-electron chi connectivity index (χ2n) is 7.77. The molecule has 0 aliphatic heterocycles. The minimum absolute atomic E-state index is 0.0132. The van der Waals surface area contributed by atoms with E-state index in [0.717, 1.165) is 0 Å². The number of nitrogens with zero attached hydrogens (tertiary/aromatic N) is 1. The number of halogens is 1. The molecular weight excluding hydrogens is 450 g/mol. The summed E-state index contributed by atoms with van der Waals surface area (Å²) in [6, 6.07) is 13.7. The van der Waals surface area contributed by atoms with Gasteiger partial charge in [-0.25, -0.2) is 16.8 Å². The molecule has 6 atom stereocenters. The zero-order valence-corrected chi connectivity index (χ0v) is 18.1. The first kappa shape index (κ1) is 21.3. The van der Waals surface area contributed by atoms with Gasteiger partial charge in [-0.2, -0.15) is 0 Å². The van der Waals surface area contributed by atoms with Crippen molar-refractivity contribution in [1.29, 1.82) is 0 Å². The Morgan fingerprint density at radius 3 is 1.67 bits per heavy atom. The highest BCUT2D eigenvalue weighted by molar-refractivity contribution is 7.92. The van der Waals surface area contributed by atoms with Gasteiger partial charge in [0.1, 0.15) is 5.25 Å². The third-order valence-electron chi connectivity index (χ3n) is 6.28. The molecule has 2 aromatic carbocycles. The van der Waals surface area contributed by atoms with E-state index in [4.69, 9.17) is 11.6 Å². The summed E-state index contributed by atoms with van der Waals surface area (Å²) >= 11 is 6.61. The molecule has 30 heavy (non-hydrogen) atoms. The maximum atomic E-state index is 13.4. The molecule has 3 aliphatic rings. The molecule has 0 N–H and O–H groups in total. The van der Waals surface area contributed by atoms with E-state index < -0.39 is 58.4 Å². The van der Waals surface area contributed by atoms with Gasteiger partial charge in [-0.05, 0) is 37.1 Å². The van der Waals surface area contributed by atoms with Crippen LogP contribution in [-0.2, 0) is 19.7 Å². The van der Waals surface area contributed by atoms with Crippen LogP contribution in [0.5, 0.6) is 0 Å². The fourth-order valence-corrected chi connectivity index (χ4v) is 10.4. The van der Waals surface area contributed by atoms with E-state index in [1.807, 2.05) is 0 Å². The van der Waals surface area contributed by atoms with Crippen molar-refractivity contribution >= 4 is 31.3 Å². The average Bonchev–Trinajstić information content (AvgIpc) is 2.74. The van der Waals surface area contributed by atoms with Crippen LogP contribution in [0.1, 0.15) is 12.8 Å². The van der Waals surface area contributed by atoms with E-state index in [1.54, 1.807) is 36.4 Å². The summed E-state index contributed by atoms with van der Waals surface area (Å²) in [7, 11) is -8.05. The van der Waals surface area contributed by atoms with Gasteiger partial charge >= 0.3 is 0 Å². The first-order chi connectivity index (χ1) is 14.2. The summed E-state index contributed by atoms with van der Waals surface area (Å²) in [5.41, 5.74) is 0. The highest BCUT2D eigenvalue weighted by Crippen LogP contribution is 2.52. The van der Waals surface area contributed by atoms with Crippen molar-refractivity contribution in [3.63, 3.8) is 0 Å². The van der Waals surface area contributed by atoms with Crippen molar-refractivity contribution in [2.24, 2.45) is 11.8 Å². The molecule has 3 aliphatic carbocycles. The van der Waals surface area contributed by atoms with Crippen molar-refractivity contribution in [2.45, 2.75) is 44.6 Å². The van der Waals surface area contributed by atoms with Gasteiger partial charge in [0.05, 0.1) is 20.4 Å². The maximum absolute atomic E-state index is 13.4. The predicted octanol–water partition coefficient (Wildman–Crippen LogP) is 2.96. The predicted molar refractivity (Wildman–Crippen MR) is 111 cm³/mol. The summed E-state index contributed by atoms with van der Waals surface area (Å²) in [5.74, 6) is -1.82. The fourth-order valence-electron chi connectivity index (χ4n) is 5.02. The highest BCUT2D eigenvalue weighted by Gasteiger charge is 2.66. The van der Waals surface area contributed by atoms with Crippen molar-refractivity contribution < 1.29 is 21.8 Å². The molecule has 0 radical (unpaired) electrons. The number of rotatable bonds is 5. The molecule has 0 saturated heterocycles. The van der Waals surface area contributed by atoms with Gasteiger partial charge in [-0.1, -0.05) is 36.4 Å². The third kappa shape index (κ3) is 3.23. The molecule has 10 heteroatoms. The van der Waals surface area contributed by atoms with Crippen molar-refractivity contribution in [2.75, 3.05) is 0 Å². The molecule has 0 unspecified atom stereocenters. The normalized spacial score (nSPS) is 31.4. The Balaban J connectivity index is 1.82. The van der Waals surface area contributed by atoms with Gasteiger partial charge < -0.3 is 0 Å². The number of hydrogen-bond acceptors (Lipinski definition) is 6. The molecule has 160 valence electrons. The Hall–Kier alpha value is -1.97. The third-order valence-corrected chi connectivity index (χ3v) is 11.6. The standard InChI is InChI=1S/C20H20ClNO6S2/c21-17-15-11-12-16(19(17)29(25,26)13-7-3-1-4-8-13)18(22(23)24)20(15)30(27,28)14-9-5-2-6-10-14/h1-10,15-20H,11-12H2/t15-,16-,17-,18-,19-,20-/m0/s1. The first-order valence-corrected chi connectivity index (χ1v) is 13.1. The zero-order chi connectivity index (χ0) is 21.7. The van der Waals surface area contributed by atoms with E-state index in [0.29, 0.717) is 6.42 Å². The Morgan fingerprint density at radius 2 is 1.20 bits per heavy atom. The number of alkyl halides is 1. The van der Waals surface area contributed by atoms with Crippen LogP contribution in [0.15, 0.2) is 70.5 Å². The Kier molecular flexibility index (Phi) is 5.40. The number of fused-ring (bicyclic) bond motifs is 3. The first-order valence-electron chi connectivity index (χ1n) is 9.53. The fraction of sp³-hybridized carbons (Fsp3) is 0.400. The lowest BCUT2D eigenvalue weighted by Crippen LogP contribution is -2.66. The van der Waals surface area contributed by atoms with Crippen molar-refractivity contribution in [3.8, 4) is 0 Å². The monoisotopic (exact) mass is 469 g/mol. The molecule has 3 saturated carbocycles. The molecule has 0 aromatic heterocycles.